The molecule has 0 aliphatic carbocycles. The van der Waals surface area contributed by atoms with Gasteiger partial charge >= 0.3 is 7.12 Å². The Bertz CT molecular complexity index is 2020. The smallest absolute Gasteiger partial charge is 0.423 e. The van der Waals surface area contributed by atoms with Gasteiger partial charge in [0.1, 0.15) is 0 Å². The highest BCUT2D eigenvalue weighted by atomic mass is 16.4. The van der Waals surface area contributed by atoms with E-state index < -0.39 is 7.12 Å². The molecule has 0 radical (unpaired) electrons. The predicted octanol–water partition coefficient (Wildman–Crippen LogP) is 7.23. The van der Waals surface area contributed by atoms with Gasteiger partial charge in [0.15, 0.2) is 0 Å². The lowest BCUT2D eigenvalue weighted by Crippen LogP contribution is -2.29. The Hall–Kier alpha value is -5.10. The van der Waals surface area contributed by atoms with Crippen LogP contribution in [0.3, 0.4) is 0 Å². The Morgan fingerprint density at radius 2 is 0.805 bits per heavy atom. The van der Waals surface area contributed by atoms with Crippen LogP contribution in [0, 0.1) is 0 Å². The summed E-state index contributed by atoms with van der Waals surface area (Å²) < 4.78 is 4.66. The first-order chi connectivity index (χ1) is 20.2. The maximum atomic E-state index is 9.93. The summed E-state index contributed by atoms with van der Waals surface area (Å²) in [5, 5.41) is 24.7. The molecule has 0 aliphatic heterocycles. The standard InChI is InChI=1S/C36H25BN2O2/c40-37(41)26-11-9-10-24(20-26)25-21-27(38-33-16-5-1-12-29(33)30-13-2-6-17-34(30)38)23-28(22-25)39-35-18-7-3-14-31(35)32-15-4-8-19-36(32)39/h1-23,40-41H. The Kier molecular flexibility index (Phi) is 5.35. The van der Waals surface area contributed by atoms with Gasteiger partial charge in [0.2, 0.25) is 0 Å². The molecule has 8 rings (SSSR count). The number of aromatic nitrogens is 2. The molecule has 8 aromatic rings. The Morgan fingerprint density at radius 3 is 1.22 bits per heavy atom. The van der Waals surface area contributed by atoms with Gasteiger partial charge in [-0.05, 0) is 59.1 Å². The molecule has 2 N–H and O–H groups in total. The first-order valence-electron chi connectivity index (χ1n) is 13.8. The lowest BCUT2D eigenvalue weighted by Gasteiger charge is -2.16. The van der Waals surface area contributed by atoms with Crippen LogP contribution in [0.4, 0.5) is 0 Å². The molecular weight excluding hydrogens is 503 g/mol. The van der Waals surface area contributed by atoms with Crippen LogP contribution in [-0.4, -0.2) is 26.3 Å². The monoisotopic (exact) mass is 528 g/mol. The van der Waals surface area contributed by atoms with E-state index >= 15 is 0 Å². The zero-order valence-corrected chi connectivity index (χ0v) is 22.1. The molecule has 0 unspecified atom stereocenters. The van der Waals surface area contributed by atoms with E-state index in [1.807, 2.05) is 18.2 Å². The van der Waals surface area contributed by atoms with Gasteiger partial charge in [-0.15, -0.1) is 0 Å². The molecule has 6 aromatic carbocycles. The van der Waals surface area contributed by atoms with E-state index in [1.54, 1.807) is 6.07 Å². The number of nitrogens with zero attached hydrogens (tertiary/aromatic N) is 2. The number of benzene rings is 6. The van der Waals surface area contributed by atoms with Gasteiger partial charge in [-0.25, -0.2) is 0 Å². The Balaban J connectivity index is 1.49. The van der Waals surface area contributed by atoms with Crippen LogP contribution in [0.5, 0.6) is 0 Å². The van der Waals surface area contributed by atoms with Crippen molar-refractivity contribution in [2.45, 2.75) is 0 Å². The molecule has 0 aliphatic rings. The minimum atomic E-state index is -1.53. The van der Waals surface area contributed by atoms with Crippen molar-refractivity contribution >= 4 is 56.2 Å². The molecule has 2 heterocycles. The highest BCUT2D eigenvalue weighted by Crippen LogP contribution is 2.37. The van der Waals surface area contributed by atoms with Crippen molar-refractivity contribution < 1.29 is 10.0 Å². The van der Waals surface area contributed by atoms with Crippen molar-refractivity contribution in [1.82, 2.24) is 9.13 Å². The molecule has 0 saturated carbocycles. The van der Waals surface area contributed by atoms with Crippen LogP contribution in [-0.2, 0) is 0 Å². The Morgan fingerprint density at radius 1 is 0.390 bits per heavy atom. The van der Waals surface area contributed by atoms with Crippen LogP contribution < -0.4 is 5.46 Å². The number of fused-ring (bicyclic) bond motifs is 6. The molecule has 0 fully saturated rings. The van der Waals surface area contributed by atoms with Crippen LogP contribution >= 0.6 is 0 Å². The average molecular weight is 528 g/mol. The largest absolute Gasteiger partial charge is 0.488 e. The molecular formula is C36H25BN2O2. The SMILES string of the molecule is OB(O)c1cccc(-c2cc(-n3c4ccccc4c4ccccc43)cc(-n3c4ccccc4c4ccccc43)c2)c1. The van der Waals surface area contributed by atoms with Gasteiger partial charge < -0.3 is 19.2 Å². The molecule has 0 amide bonds. The van der Waals surface area contributed by atoms with Crippen molar-refractivity contribution in [3.8, 4) is 22.5 Å². The first-order valence-corrected chi connectivity index (χ1v) is 13.8. The van der Waals surface area contributed by atoms with E-state index in [1.165, 1.54) is 21.5 Å². The van der Waals surface area contributed by atoms with E-state index in [4.69, 9.17) is 0 Å². The van der Waals surface area contributed by atoms with Crippen LogP contribution in [0.25, 0.3) is 66.1 Å². The van der Waals surface area contributed by atoms with Crippen LogP contribution in [0.2, 0.25) is 0 Å². The quantitative estimate of drug-likeness (QED) is 0.237. The normalized spacial score (nSPS) is 11.7. The number of hydrogen-bond acceptors (Lipinski definition) is 2. The molecule has 0 bridgehead atoms. The maximum absolute atomic E-state index is 9.93. The molecule has 2 aromatic heterocycles. The molecule has 0 saturated heterocycles. The highest BCUT2D eigenvalue weighted by molar-refractivity contribution is 6.58. The van der Waals surface area contributed by atoms with Crippen LogP contribution in [0.1, 0.15) is 0 Å². The van der Waals surface area contributed by atoms with Crippen molar-refractivity contribution in [1.29, 1.82) is 0 Å². The summed E-state index contributed by atoms with van der Waals surface area (Å²) in [5.74, 6) is 0. The van der Waals surface area contributed by atoms with Crippen molar-refractivity contribution in [3.05, 3.63) is 140 Å². The molecule has 0 spiro atoms. The second-order valence-electron chi connectivity index (χ2n) is 10.5. The molecule has 4 nitrogen and oxygen atoms in total. The number of hydrogen-bond donors (Lipinski definition) is 2. The molecule has 0 atom stereocenters. The van der Waals surface area contributed by atoms with Crippen molar-refractivity contribution in [2.75, 3.05) is 0 Å². The van der Waals surface area contributed by atoms with E-state index in [2.05, 4.69) is 124 Å². The fourth-order valence-corrected chi connectivity index (χ4v) is 6.30. The van der Waals surface area contributed by atoms with Crippen molar-refractivity contribution in [3.63, 3.8) is 0 Å². The van der Waals surface area contributed by atoms with E-state index in [-0.39, 0.29) is 0 Å². The molecule has 194 valence electrons. The second kappa shape index (κ2) is 9.24. The summed E-state index contributed by atoms with van der Waals surface area (Å²) >= 11 is 0. The van der Waals surface area contributed by atoms with Crippen molar-refractivity contribution in [2.24, 2.45) is 0 Å². The van der Waals surface area contributed by atoms with Gasteiger partial charge in [0.25, 0.3) is 0 Å². The summed E-state index contributed by atoms with van der Waals surface area (Å²) in [6.45, 7) is 0. The number of para-hydroxylation sites is 4. The summed E-state index contributed by atoms with van der Waals surface area (Å²) in [6, 6.07) is 48.2. The van der Waals surface area contributed by atoms with Gasteiger partial charge in [-0.2, -0.15) is 0 Å². The lowest BCUT2D eigenvalue weighted by atomic mass is 9.79. The summed E-state index contributed by atoms with van der Waals surface area (Å²) in [6.07, 6.45) is 0. The predicted molar refractivity (Wildman–Crippen MR) is 170 cm³/mol. The first kappa shape index (κ1) is 23.8. The fraction of sp³-hybridized carbons (Fsp3) is 0. The third kappa shape index (κ3) is 3.71. The van der Waals surface area contributed by atoms with Gasteiger partial charge in [0, 0.05) is 32.9 Å². The topological polar surface area (TPSA) is 50.3 Å². The zero-order chi connectivity index (χ0) is 27.5. The van der Waals surface area contributed by atoms with Gasteiger partial charge in [-0.3, -0.25) is 0 Å². The highest BCUT2D eigenvalue weighted by Gasteiger charge is 2.18. The summed E-state index contributed by atoms with van der Waals surface area (Å²) in [5.41, 5.74) is 8.99. The zero-order valence-electron chi connectivity index (χ0n) is 22.1. The van der Waals surface area contributed by atoms with E-state index in [0.29, 0.717) is 5.46 Å². The number of rotatable bonds is 4. The third-order valence-corrected chi connectivity index (χ3v) is 8.10. The summed E-state index contributed by atoms with van der Waals surface area (Å²) in [7, 11) is -1.53. The molecule has 5 heteroatoms. The van der Waals surface area contributed by atoms with Crippen LogP contribution in [0.15, 0.2) is 140 Å². The Labute approximate surface area is 237 Å². The minimum absolute atomic E-state index is 0.461. The van der Waals surface area contributed by atoms with E-state index in [0.717, 1.165) is 44.6 Å². The second-order valence-corrected chi connectivity index (χ2v) is 10.5. The van der Waals surface area contributed by atoms with E-state index in [9.17, 15) is 10.0 Å². The maximum Gasteiger partial charge on any atom is 0.488 e. The molecule has 41 heavy (non-hydrogen) atoms. The lowest BCUT2D eigenvalue weighted by molar-refractivity contribution is 0.426. The van der Waals surface area contributed by atoms with Gasteiger partial charge in [0.05, 0.1) is 22.1 Å². The third-order valence-electron chi connectivity index (χ3n) is 8.10. The summed E-state index contributed by atoms with van der Waals surface area (Å²) in [4.78, 5) is 0. The minimum Gasteiger partial charge on any atom is -0.423 e. The van der Waals surface area contributed by atoms with Gasteiger partial charge in [-0.1, -0.05) is 97.1 Å². The fourth-order valence-electron chi connectivity index (χ4n) is 6.30. The average Bonchev–Trinajstić information content (AvgIpc) is 3.54.